The Hall–Kier alpha value is -2.23. The van der Waals surface area contributed by atoms with Gasteiger partial charge < -0.3 is 10.6 Å². The number of thiophene rings is 1. The Labute approximate surface area is 168 Å². The topological polar surface area (TPSA) is 95.6 Å². The Kier molecular flexibility index (Phi) is 6.48. The molecular weight excluding hydrogens is 398 g/mol. The van der Waals surface area contributed by atoms with Gasteiger partial charge in [-0.05, 0) is 48.9 Å². The number of benzene rings is 1. The van der Waals surface area contributed by atoms with Crippen LogP contribution < -0.4 is 10.6 Å². The molecule has 1 aromatic carbocycles. The lowest BCUT2D eigenvalue weighted by atomic mass is 10.1. The standard InChI is InChI=1S/C19H23N3O4S2/c1-2-20-18(23)15-7-3-6-14(12-15)13-21-19(24)16-8-4-10-22(16)28(25,26)17-9-5-11-27-17/h3,5-7,9,11-12,16H,2,4,8,10,13H2,1H3,(H,20,23)(H,21,24). The third kappa shape index (κ3) is 4.43. The quantitative estimate of drug-likeness (QED) is 0.714. The van der Waals surface area contributed by atoms with Crippen molar-refractivity contribution in [3.8, 4) is 0 Å². The summed E-state index contributed by atoms with van der Waals surface area (Å²) < 4.78 is 27.1. The van der Waals surface area contributed by atoms with Crippen molar-refractivity contribution < 1.29 is 18.0 Å². The van der Waals surface area contributed by atoms with E-state index in [1.807, 2.05) is 13.0 Å². The first-order valence-corrected chi connectivity index (χ1v) is 11.5. The minimum Gasteiger partial charge on any atom is -0.352 e. The van der Waals surface area contributed by atoms with Crippen molar-refractivity contribution in [1.29, 1.82) is 0 Å². The average Bonchev–Trinajstić information content (AvgIpc) is 3.38. The second kappa shape index (κ2) is 8.85. The molecule has 1 aliphatic heterocycles. The zero-order valence-electron chi connectivity index (χ0n) is 15.6. The summed E-state index contributed by atoms with van der Waals surface area (Å²) in [7, 11) is -3.66. The van der Waals surface area contributed by atoms with Crippen LogP contribution in [-0.4, -0.2) is 43.7 Å². The molecule has 28 heavy (non-hydrogen) atoms. The molecule has 1 unspecified atom stereocenters. The molecule has 0 aliphatic carbocycles. The number of nitrogens with zero attached hydrogens (tertiary/aromatic N) is 1. The van der Waals surface area contributed by atoms with Gasteiger partial charge in [-0.1, -0.05) is 18.2 Å². The summed E-state index contributed by atoms with van der Waals surface area (Å²) in [6.07, 6.45) is 1.14. The zero-order chi connectivity index (χ0) is 20.1. The maximum absolute atomic E-state index is 12.8. The van der Waals surface area contributed by atoms with E-state index in [0.29, 0.717) is 31.5 Å². The SMILES string of the molecule is CCNC(=O)c1cccc(CNC(=O)C2CCCN2S(=O)(=O)c2cccs2)c1. The smallest absolute Gasteiger partial charge is 0.253 e. The Morgan fingerprint density at radius 3 is 2.75 bits per heavy atom. The van der Waals surface area contributed by atoms with Gasteiger partial charge in [0.05, 0.1) is 0 Å². The lowest BCUT2D eigenvalue weighted by molar-refractivity contribution is -0.124. The maximum atomic E-state index is 12.8. The van der Waals surface area contributed by atoms with Crippen LogP contribution in [0, 0.1) is 0 Å². The van der Waals surface area contributed by atoms with E-state index < -0.39 is 16.1 Å². The summed E-state index contributed by atoms with van der Waals surface area (Å²) in [5.74, 6) is -0.485. The van der Waals surface area contributed by atoms with E-state index in [2.05, 4.69) is 10.6 Å². The molecule has 1 saturated heterocycles. The number of amides is 2. The van der Waals surface area contributed by atoms with Crippen LogP contribution in [0.2, 0.25) is 0 Å². The Morgan fingerprint density at radius 2 is 2.04 bits per heavy atom. The fraction of sp³-hybridized carbons (Fsp3) is 0.368. The molecule has 1 atom stereocenters. The number of nitrogens with one attached hydrogen (secondary N) is 2. The van der Waals surface area contributed by atoms with Crippen molar-refractivity contribution in [2.45, 2.75) is 36.6 Å². The first-order chi connectivity index (χ1) is 13.4. The van der Waals surface area contributed by atoms with Gasteiger partial charge in [-0.2, -0.15) is 4.31 Å². The third-order valence-electron chi connectivity index (χ3n) is 4.56. The monoisotopic (exact) mass is 421 g/mol. The zero-order valence-corrected chi connectivity index (χ0v) is 17.2. The van der Waals surface area contributed by atoms with Crippen LogP contribution in [0.3, 0.4) is 0 Å². The molecule has 0 spiro atoms. The first-order valence-electron chi connectivity index (χ1n) is 9.13. The molecule has 9 heteroatoms. The highest BCUT2D eigenvalue weighted by Gasteiger charge is 2.39. The number of carbonyl (C=O) groups is 2. The molecule has 2 amide bonds. The number of rotatable bonds is 7. The fourth-order valence-electron chi connectivity index (χ4n) is 3.21. The van der Waals surface area contributed by atoms with E-state index in [4.69, 9.17) is 0 Å². The van der Waals surface area contributed by atoms with E-state index in [9.17, 15) is 18.0 Å². The van der Waals surface area contributed by atoms with Crippen molar-refractivity contribution in [2.75, 3.05) is 13.1 Å². The number of hydrogen-bond donors (Lipinski definition) is 2. The van der Waals surface area contributed by atoms with E-state index in [0.717, 1.165) is 16.9 Å². The van der Waals surface area contributed by atoms with Gasteiger partial charge in [-0.15, -0.1) is 11.3 Å². The van der Waals surface area contributed by atoms with Gasteiger partial charge in [0.15, 0.2) is 0 Å². The summed E-state index contributed by atoms with van der Waals surface area (Å²) >= 11 is 1.15. The minimum absolute atomic E-state index is 0.167. The van der Waals surface area contributed by atoms with Gasteiger partial charge in [0.25, 0.3) is 15.9 Å². The molecule has 2 N–H and O–H groups in total. The van der Waals surface area contributed by atoms with Gasteiger partial charge in [0.2, 0.25) is 5.91 Å². The van der Waals surface area contributed by atoms with Crippen molar-refractivity contribution >= 4 is 33.2 Å². The van der Waals surface area contributed by atoms with Crippen LogP contribution in [-0.2, 0) is 21.4 Å². The molecular formula is C19H23N3O4S2. The number of hydrogen-bond acceptors (Lipinski definition) is 5. The van der Waals surface area contributed by atoms with Crippen molar-refractivity contribution in [1.82, 2.24) is 14.9 Å². The second-order valence-corrected chi connectivity index (χ2v) is 9.55. The predicted molar refractivity (Wildman–Crippen MR) is 108 cm³/mol. The summed E-state index contributed by atoms with van der Waals surface area (Å²) in [6.45, 7) is 2.95. The van der Waals surface area contributed by atoms with Crippen LogP contribution in [0.4, 0.5) is 0 Å². The Bertz CT molecular complexity index is 942. The molecule has 1 aromatic heterocycles. The van der Waals surface area contributed by atoms with Crippen LogP contribution in [0.25, 0.3) is 0 Å². The van der Waals surface area contributed by atoms with Crippen molar-refractivity contribution in [3.63, 3.8) is 0 Å². The van der Waals surface area contributed by atoms with Crippen molar-refractivity contribution in [2.24, 2.45) is 0 Å². The average molecular weight is 422 g/mol. The molecule has 3 rings (SSSR count). The first kappa shape index (κ1) is 20.5. The molecule has 2 heterocycles. The van der Waals surface area contributed by atoms with Gasteiger partial charge in [0, 0.05) is 25.2 Å². The molecule has 150 valence electrons. The second-order valence-electron chi connectivity index (χ2n) is 6.48. The van der Waals surface area contributed by atoms with E-state index in [1.165, 1.54) is 4.31 Å². The normalized spacial score (nSPS) is 17.4. The predicted octanol–water partition coefficient (Wildman–Crippen LogP) is 1.97. The Balaban J connectivity index is 1.66. The number of sulfonamides is 1. The lowest BCUT2D eigenvalue weighted by Gasteiger charge is -2.22. The molecule has 2 aromatic rings. The van der Waals surface area contributed by atoms with Crippen LogP contribution >= 0.6 is 11.3 Å². The lowest BCUT2D eigenvalue weighted by Crippen LogP contribution is -2.45. The van der Waals surface area contributed by atoms with Gasteiger partial charge in [-0.25, -0.2) is 8.42 Å². The van der Waals surface area contributed by atoms with Crippen LogP contribution in [0.1, 0.15) is 35.7 Å². The molecule has 1 fully saturated rings. The Morgan fingerprint density at radius 1 is 1.21 bits per heavy atom. The fourth-order valence-corrected chi connectivity index (χ4v) is 5.98. The van der Waals surface area contributed by atoms with Gasteiger partial charge in [-0.3, -0.25) is 9.59 Å². The van der Waals surface area contributed by atoms with Crippen LogP contribution in [0.15, 0.2) is 46.0 Å². The molecule has 1 aliphatic rings. The summed E-state index contributed by atoms with van der Waals surface area (Å²) in [5, 5.41) is 7.26. The van der Waals surface area contributed by atoms with E-state index in [1.54, 1.807) is 35.7 Å². The molecule has 0 bridgehead atoms. The van der Waals surface area contributed by atoms with Gasteiger partial charge in [0.1, 0.15) is 10.3 Å². The molecule has 0 saturated carbocycles. The maximum Gasteiger partial charge on any atom is 0.253 e. The molecule has 0 radical (unpaired) electrons. The van der Waals surface area contributed by atoms with Crippen molar-refractivity contribution in [3.05, 3.63) is 52.9 Å². The third-order valence-corrected chi connectivity index (χ3v) is 7.84. The summed E-state index contributed by atoms with van der Waals surface area (Å²) in [6, 6.07) is 9.54. The van der Waals surface area contributed by atoms with Gasteiger partial charge >= 0.3 is 0 Å². The highest BCUT2D eigenvalue weighted by molar-refractivity contribution is 7.91. The van der Waals surface area contributed by atoms with Crippen LogP contribution in [0.5, 0.6) is 0 Å². The minimum atomic E-state index is -3.66. The van der Waals surface area contributed by atoms with E-state index in [-0.39, 0.29) is 22.6 Å². The molecule has 7 nitrogen and oxygen atoms in total. The highest BCUT2D eigenvalue weighted by atomic mass is 32.2. The van der Waals surface area contributed by atoms with E-state index >= 15 is 0 Å². The largest absolute Gasteiger partial charge is 0.352 e. The highest BCUT2D eigenvalue weighted by Crippen LogP contribution is 2.28. The summed E-state index contributed by atoms with van der Waals surface area (Å²) in [5.41, 5.74) is 1.30. The summed E-state index contributed by atoms with van der Waals surface area (Å²) in [4.78, 5) is 24.6. The number of carbonyl (C=O) groups excluding carboxylic acids is 2.